The highest BCUT2D eigenvalue weighted by molar-refractivity contribution is 7.10. The molecule has 0 radical (unpaired) electrons. The number of carbonyl (C=O) groups is 2. The quantitative estimate of drug-likeness (QED) is 0.796. The smallest absolute Gasteiger partial charge is 0.279 e. The first kappa shape index (κ1) is 14.1. The van der Waals surface area contributed by atoms with Crippen molar-refractivity contribution >= 4 is 40.1 Å². The summed E-state index contributed by atoms with van der Waals surface area (Å²) in [6.07, 6.45) is 0. The number of methoxy groups -OCH3 is 1. The van der Waals surface area contributed by atoms with Crippen LogP contribution in [-0.2, 0) is 19.9 Å². The second-order valence-electron chi connectivity index (χ2n) is 4.50. The number of carbonyl (C=O) groups excluding carboxylic acids is 2. The average molecular weight is 302 g/mol. The Labute approximate surface area is 119 Å². The van der Waals surface area contributed by atoms with E-state index in [1.807, 2.05) is 0 Å². The first-order chi connectivity index (χ1) is 8.79. The van der Waals surface area contributed by atoms with E-state index < -0.39 is 17.4 Å². The molecule has 19 heavy (non-hydrogen) atoms. The lowest BCUT2D eigenvalue weighted by atomic mass is 10.1. The van der Waals surface area contributed by atoms with E-state index in [0.29, 0.717) is 5.82 Å². The predicted octanol–water partition coefficient (Wildman–Crippen LogP) is 1.81. The van der Waals surface area contributed by atoms with Crippen LogP contribution < -0.4 is 4.90 Å². The number of halogens is 1. The summed E-state index contributed by atoms with van der Waals surface area (Å²) in [5.74, 6) is -0.619. The third kappa shape index (κ3) is 2.18. The van der Waals surface area contributed by atoms with Gasteiger partial charge in [-0.3, -0.25) is 9.59 Å². The van der Waals surface area contributed by atoms with Gasteiger partial charge >= 0.3 is 0 Å². The topological polar surface area (TPSA) is 72.4 Å². The van der Waals surface area contributed by atoms with Gasteiger partial charge in [-0.15, -0.1) is 0 Å². The van der Waals surface area contributed by atoms with Gasteiger partial charge in [0.15, 0.2) is 5.82 Å². The van der Waals surface area contributed by atoms with Crippen molar-refractivity contribution in [3.8, 4) is 0 Å². The number of hydrogen-bond acceptors (Lipinski definition) is 6. The maximum Gasteiger partial charge on any atom is 0.279 e. The zero-order chi connectivity index (χ0) is 14.4. The maximum absolute atomic E-state index is 11.9. The lowest BCUT2D eigenvalue weighted by Crippen LogP contribution is -2.31. The highest BCUT2D eigenvalue weighted by Gasteiger charge is 2.39. The van der Waals surface area contributed by atoms with Gasteiger partial charge in [-0.25, -0.2) is 4.90 Å². The van der Waals surface area contributed by atoms with E-state index in [1.165, 1.54) is 14.0 Å². The van der Waals surface area contributed by atoms with Gasteiger partial charge in [-0.1, -0.05) is 11.6 Å². The monoisotopic (exact) mass is 301 g/mol. The Morgan fingerprint density at radius 3 is 2.42 bits per heavy atom. The summed E-state index contributed by atoms with van der Waals surface area (Å²) in [6.45, 7) is 5.09. The van der Waals surface area contributed by atoms with Gasteiger partial charge < -0.3 is 4.74 Å². The molecule has 0 atom stereocenters. The van der Waals surface area contributed by atoms with Crippen LogP contribution in [-0.4, -0.2) is 28.3 Å². The summed E-state index contributed by atoms with van der Waals surface area (Å²) in [5, 5.41) is 0.123. The number of rotatable bonds is 3. The van der Waals surface area contributed by atoms with E-state index in [0.717, 1.165) is 16.4 Å². The van der Waals surface area contributed by atoms with Crippen LogP contribution in [0.15, 0.2) is 10.6 Å². The largest absolute Gasteiger partial charge is 0.371 e. The molecule has 0 aromatic carbocycles. The molecule has 0 aliphatic carbocycles. The van der Waals surface area contributed by atoms with Gasteiger partial charge in [0.2, 0.25) is 5.13 Å². The summed E-state index contributed by atoms with van der Waals surface area (Å²) in [7, 11) is 1.54. The summed E-state index contributed by atoms with van der Waals surface area (Å²) in [5.41, 5.74) is -0.471. The Morgan fingerprint density at radius 2 is 1.95 bits per heavy atom. The second kappa shape index (κ2) is 4.66. The molecule has 0 bridgehead atoms. The first-order valence-electron chi connectivity index (χ1n) is 5.44. The van der Waals surface area contributed by atoms with Crippen LogP contribution in [0.1, 0.15) is 26.6 Å². The highest BCUT2D eigenvalue weighted by atomic mass is 35.5. The Balaban J connectivity index is 2.36. The standard InChI is InChI=1S/C11H12ClN3O3S/c1-5-6(12)8(17)15(7(5)16)10-13-9(14-19-10)11(2,3)18-4/h1-4H3. The van der Waals surface area contributed by atoms with Crippen LogP contribution in [0.25, 0.3) is 0 Å². The van der Waals surface area contributed by atoms with Crippen LogP contribution in [0.2, 0.25) is 0 Å². The summed E-state index contributed by atoms with van der Waals surface area (Å²) in [4.78, 5) is 28.9. The third-order valence-electron chi connectivity index (χ3n) is 2.90. The van der Waals surface area contributed by atoms with E-state index >= 15 is 0 Å². The lowest BCUT2D eigenvalue weighted by Gasteiger charge is -2.18. The van der Waals surface area contributed by atoms with Crippen LogP contribution in [0.5, 0.6) is 0 Å². The van der Waals surface area contributed by atoms with Crippen molar-refractivity contribution < 1.29 is 14.3 Å². The molecule has 2 rings (SSSR count). The molecule has 0 saturated carbocycles. The number of imide groups is 1. The molecule has 0 unspecified atom stereocenters. The summed E-state index contributed by atoms with van der Waals surface area (Å²) >= 11 is 6.73. The predicted molar refractivity (Wildman–Crippen MR) is 71.0 cm³/mol. The molecule has 0 fully saturated rings. The van der Waals surface area contributed by atoms with Gasteiger partial charge in [0.25, 0.3) is 11.8 Å². The van der Waals surface area contributed by atoms with Gasteiger partial charge in [0.1, 0.15) is 10.6 Å². The van der Waals surface area contributed by atoms with Crippen molar-refractivity contribution in [2.45, 2.75) is 26.4 Å². The molecule has 1 aliphatic heterocycles. The van der Waals surface area contributed by atoms with Gasteiger partial charge in [0, 0.05) is 24.2 Å². The summed E-state index contributed by atoms with van der Waals surface area (Å²) in [6, 6.07) is 0. The minimum Gasteiger partial charge on any atom is -0.371 e. The number of amides is 2. The number of anilines is 1. The zero-order valence-corrected chi connectivity index (χ0v) is 12.4. The van der Waals surface area contributed by atoms with Crippen molar-refractivity contribution in [3.05, 3.63) is 16.4 Å². The Kier molecular flexibility index (Phi) is 3.46. The van der Waals surface area contributed by atoms with Crippen LogP contribution in [0, 0.1) is 0 Å². The molecule has 8 heteroatoms. The Morgan fingerprint density at radius 1 is 1.32 bits per heavy atom. The Bertz CT molecular complexity index is 570. The minimum absolute atomic E-state index is 0.0762. The molecular formula is C11H12ClN3O3S. The van der Waals surface area contributed by atoms with E-state index in [-0.39, 0.29) is 15.7 Å². The SMILES string of the molecule is COC(C)(C)c1nsc(N2C(=O)C(C)=C(Cl)C2=O)n1. The van der Waals surface area contributed by atoms with E-state index in [4.69, 9.17) is 16.3 Å². The molecule has 1 aromatic rings. The fourth-order valence-corrected chi connectivity index (χ4v) is 2.40. The number of nitrogens with zero attached hydrogens (tertiary/aromatic N) is 3. The number of hydrogen-bond donors (Lipinski definition) is 0. The zero-order valence-electron chi connectivity index (χ0n) is 10.9. The fraction of sp³-hybridized carbons (Fsp3) is 0.455. The van der Waals surface area contributed by atoms with Crippen LogP contribution >= 0.6 is 23.1 Å². The molecule has 2 amide bonds. The van der Waals surface area contributed by atoms with Crippen molar-refractivity contribution in [1.82, 2.24) is 9.36 Å². The van der Waals surface area contributed by atoms with Crippen LogP contribution in [0.4, 0.5) is 5.13 Å². The van der Waals surface area contributed by atoms with Crippen molar-refractivity contribution in [2.24, 2.45) is 0 Å². The van der Waals surface area contributed by atoms with Crippen LogP contribution in [0.3, 0.4) is 0 Å². The van der Waals surface area contributed by atoms with Gasteiger partial charge in [-0.2, -0.15) is 9.36 Å². The molecule has 2 heterocycles. The lowest BCUT2D eigenvalue weighted by molar-refractivity contribution is -0.120. The van der Waals surface area contributed by atoms with Crippen molar-refractivity contribution in [2.75, 3.05) is 12.0 Å². The average Bonchev–Trinajstić information content (AvgIpc) is 2.92. The van der Waals surface area contributed by atoms with E-state index in [9.17, 15) is 9.59 Å². The normalized spacial score (nSPS) is 16.8. The van der Waals surface area contributed by atoms with E-state index in [1.54, 1.807) is 13.8 Å². The summed E-state index contributed by atoms with van der Waals surface area (Å²) < 4.78 is 9.37. The molecule has 0 spiro atoms. The first-order valence-corrected chi connectivity index (χ1v) is 6.59. The fourth-order valence-electron chi connectivity index (χ4n) is 1.43. The number of aromatic nitrogens is 2. The number of ether oxygens (including phenoxy) is 1. The maximum atomic E-state index is 11.9. The van der Waals surface area contributed by atoms with Gasteiger partial charge in [-0.05, 0) is 20.8 Å². The molecule has 1 aliphatic rings. The van der Waals surface area contributed by atoms with Gasteiger partial charge in [0.05, 0.1) is 0 Å². The molecule has 6 nitrogen and oxygen atoms in total. The molecule has 0 N–H and O–H groups in total. The van der Waals surface area contributed by atoms with E-state index in [2.05, 4.69) is 9.36 Å². The Hall–Kier alpha value is -1.31. The molecule has 0 saturated heterocycles. The second-order valence-corrected chi connectivity index (χ2v) is 5.61. The highest BCUT2D eigenvalue weighted by Crippen LogP contribution is 2.32. The van der Waals surface area contributed by atoms with Crippen molar-refractivity contribution in [3.63, 3.8) is 0 Å². The third-order valence-corrected chi connectivity index (χ3v) is 4.05. The molecule has 1 aromatic heterocycles. The molecule has 102 valence electrons. The minimum atomic E-state index is -0.688. The molecular weight excluding hydrogens is 290 g/mol. The van der Waals surface area contributed by atoms with Crippen molar-refractivity contribution in [1.29, 1.82) is 0 Å².